The van der Waals surface area contributed by atoms with Gasteiger partial charge in [-0.05, 0) is 54.7 Å². The van der Waals surface area contributed by atoms with E-state index in [0.717, 1.165) is 25.0 Å². The third-order valence-corrected chi connectivity index (χ3v) is 10.1. The zero-order valence-electron chi connectivity index (χ0n) is 25.7. The molecule has 1 aromatic heterocycles. The number of rotatable bonds is 15. The lowest BCUT2D eigenvalue weighted by Gasteiger charge is -2.26. The van der Waals surface area contributed by atoms with Crippen molar-refractivity contribution in [3.63, 3.8) is 0 Å². The van der Waals surface area contributed by atoms with Gasteiger partial charge in [-0.3, -0.25) is 4.90 Å². The van der Waals surface area contributed by atoms with Crippen LogP contribution < -0.4 is 14.5 Å². The van der Waals surface area contributed by atoms with Gasteiger partial charge in [0.2, 0.25) is 0 Å². The summed E-state index contributed by atoms with van der Waals surface area (Å²) >= 11 is 12.8. The van der Waals surface area contributed by atoms with Crippen LogP contribution in [-0.2, 0) is 31.5 Å². The van der Waals surface area contributed by atoms with Gasteiger partial charge in [-0.15, -0.1) is 0 Å². The van der Waals surface area contributed by atoms with Crippen LogP contribution in [0.1, 0.15) is 46.0 Å². The first kappa shape index (κ1) is 37.7. The number of alkyl halides is 2. The predicted octanol–water partition coefficient (Wildman–Crippen LogP) is 5.55. The number of pyridine rings is 1. The van der Waals surface area contributed by atoms with Crippen LogP contribution in [0, 0.1) is 11.7 Å². The Morgan fingerprint density at radius 1 is 1.04 bits per heavy atom. The smallest absolute Gasteiger partial charge is 0.387 e. The summed E-state index contributed by atoms with van der Waals surface area (Å²) in [5, 5.41) is 0.514. The van der Waals surface area contributed by atoms with Crippen LogP contribution in [0.25, 0.3) is 0 Å². The third kappa shape index (κ3) is 10.7. The van der Waals surface area contributed by atoms with Gasteiger partial charge in [0.05, 0.1) is 36.9 Å². The Morgan fingerprint density at radius 2 is 1.75 bits per heavy atom. The highest BCUT2D eigenvalue weighted by atomic mass is 35.5. The van der Waals surface area contributed by atoms with Crippen LogP contribution in [0.2, 0.25) is 10.0 Å². The van der Waals surface area contributed by atoms with Crippen molar-refractivity contribution in [2.45, 2.75) is 37.7 Å². The van der Waals surface area contributed by atoms with Crippen molar-refractivity contribution in [2.24, 2.45) is 5.92 Å². The molecular formula is C32H35Cl2F3N2O8S. The Morgan fingerprint density at radius 3 is 2.42 bits per heavy atom. The Hall–Kier alpha value is -3.14. The minimum Gasteiger partial charge on any atom is -0.870 e. The number of aromatic amines is 1. The lowest BCUT2D eigenvalue weighted by atomic mass is 10.0. The molecule has 2 N–H and O–H groups in total. The number of morpholine rings is 1. The van der Waals surface area contributed by atoms with Crippen molar-refractivity contribution in [2.75, 3.05) is 45.2 Å². The SMILES string of the molecule is O=C(O[C@@H](Cc1c(Cl)c[nH+]cc1Cl)c1ccc(OC(F)F)c(OCC2CC2)c1)c1ccc(F)c(CS(=O)(=O)CCN2CCOCC2)c1.[OH-]. The molecule has 5 rings (SSSR count). The first-order chi connectivity index (χ1) is 22.5. The van der Waals surface area contributed by atoms with Crippen LogP contribution in [0.3, 0.4) is 0 Å². The molecule has 262 valence electrons. The van der Waals surface area contributed by atoms with Crippen LogP contribution in [0.4, 0.5) is 13.2 Å². The molecule has 16 heteroatoms. The van der Waals surface area contributed by atoms with E-state index in [9.17, 15) is 26.4 Å². The molecular weight excluding hydrogens is 700 g/mol. The summed E-state index contributed by atoms with van der Waals surface area (Å²) in [7, 11) is -3.73. The lowest BCUT2D eigenvalue weighted by molar-refractivity contribution is -0.377. The van der Waals surface area contributed by atoms with Gasteiger partial charge in [0.15, 0.2) is 33.7 Å². The van der Waals surface area contributed by atoms with E-state index in [0.29, 0.717) is 50.0 Å². The summed E-state index contributed by atoms with van der Waals surface area (Å²) in [6, 6.07) is 7.56. The van der Waals surface area contributed by atoms with E-state index < -0.39 is 40.1 Å². The first-order valence-electron chi connectivity index (χ1n) is 15.0. The molecule has 0 amide bonds. The van der Waals surface area contributed by atoms with Crippen LogP contribution >= 0.6 is 23.2 Å². The molecule has 0 bridgehead atoms. The molecule has 48 heavy (non-hydrogen) atoms. The number of carbonyl (C=O) groups is 1. The zero-order valence-corrected chi connectivity index (χ0v) is 28.0. The fraction of sp³-hybridized carbons (Fsp3) is 0.438. The number of sulfone groups is 1. The van der Waals surface area contributed by atoms with E-state index in [2.05, 4.69) is 9.72 Å². The molecule has 0 radical (unpaired) electrons. The quantitative estimate of drug-likeness (QED) is 0.184. The maximum Gasteiger partial charge on any atom is 0.387 e. The molecule has 1 aliphatic carbocycles. The highest BCUT2D eigenvalue weighted by molar-refractivity contribution is 7.90. The number of hydrogen-bond acceptors (Lipinski definition) is 9. The number of nitrogens with one attached hydrogen (secondary N) is 1. The first-order valence-corrected chi connectivity index (χ1v) is 17.6. The number of hydrogen-bond donors (Lipinski definition) is 0. The van der Waals surface area contributed by atoms with Gasteiger partial charge in [-0.2, -0.15) is 8.78 Å². The fourth-order valence-corrected chi connectivity index (χ4v) is 6.93. The van der Waals surface area contributed by atoms with Crippen LogP contribution in [0.15, 0.2) is 48.8 Å². The summed E-state index contributed by atoms with van der Waals surface area (Å²) in [5.74, 6) is -2.29. The second kappa shape index (κ2) is 17.0. The van der Waals surface area contributed by atoms with Gasteiger partial charge in [0.1, 0.15) is 22.0 Å². The average molecular weight is 736 g/mol. The van der Waals surface area contributed by atoms with Crippen molar-refractivity contribution in [3.05, 3.63) is 86.9 Å². The van der Waals surface area contributed by atoms with Crippen molar-refractivity contribution >= 4 is 39.0 Å². The number of halogens is 5. The Kier molecular flexibility index (Phi) is 13.3. The van der Waals surface area contributed by atoms with E-state index >= 15 is 0 Å². The van der Waals surface area contributed by atoms with E-state index in [4.69, 9.17) is 37.4 Å². The highest BCUT2D eigenvalue weighted by Gasteiger charge is 2.27. The maximum atomic E-state index is 14.8. The van der Waals surface area contributed by atoms with E-state index in [-0.39, 0.29) is 56.9 Å². The molecule has 2 fully saturated rings. The molecule has 1 saturated carbocycles. The molecule has 2 aliphatic rings. The number of H-pyrrole nitrogens is 1. The zero-order chi connectivity index (χ0) is 33.6. The number of esters is 1. The minimum absolute atomic E-state index is 0. The van der Waals surface area contributed by atoms with Crippen molar-refractivity contribution < 1.29 is 55.8 Å². The second-order valence-corrected chi connectivity index (χ2v) is 14.4. The fourth-order valence-electron chi connectivity index (χ4n) is 5.02. The van der Waals surface area contributed by atoms with E-state index in [1.807, 2.05) is 4.90 Å². The number of aromatic nitrogens is 1. The molecule has 2 heterocycles. The van der Waals surface area contributed by atoms with Crippen LogP contribution in [0.5, 0.6) is 11.5 Å². The highest BCUT2D eigenvalue weighted by Crippen LogP contribution is 2.38. The predicted molar refractivity (Wildman–Crippen MR) is 169 cm³/mol. The summed E-state index contributed by atoms with van der Waals surface area (Å²) in [5.41, 5.74) is 0.534. The Labute approximate surface area is 286 Å². The largest absolute Gasteiger partial charge is 0.870 e. The van der Waals surface area contributed by atoms with Crippen molar-refractivity contribution in [1.29, 1.82) is 0 Å². The van der Waals surface area contributed by atoms with E-state index in [1.165, 1.54) is 36.7 Å². The maximum absolute atomic E-state index is 14.8. The summed E-state index contributed by atoms with van der Waals surface area (Å²) in [6.45, 7) is -0.251. The number of ether oxygens (including phenoxy) is 4. The molecule has 10 nitrogen and oxygen atoms in total. The molecule has 1 aliphatic heterocycles. The topological polar surface area (TPSA) is 136 Å². The summed E-state index contributed by atoms with van der Waals surface area (Å²) < 4.78 is 88.5. The second-order valence-electron chi connectivity index (χ2n) is 11.4. The molecule has 3 aromatic rings. The van der Waals surface area contributed by atoms with Crippen LogP contribution in [-0.4, -0.2) is 76.6 Å². The molecule has 1 saturated heterocycles. The van der Waals surface area contributed by atoms with Gasteiger partial charge >= 0.3 is 12.6 Å². The molecule has 2 aromatic carbocycles. The van der Waals surface area contributed by atoms with E-state index in [1.54, 1.807) is 0 Å². The van der Waals surface area contributed by atoms with Gasteiger partial charge in [-0.1, -0.05) is 29.3 Å². The van der Waals surface area contributed by atoms with Gasteiger partial charge in [-0.25, -0.2) is 22.6 Å². The van der Waals surface area contributed by atoms with Gasteiger partial charge in [0.25, 0.3) is 0 Å². The number of carbonyl (C=O) groups excluding carboxylic acids is 1. The van der Waals surface area contributed by atoms with Crippen molar-refractivity contribution in [1.82, 2.24) is 4.90 Å². The number of benzene rings is 2. The van der Waals surface area contributed by atoms with Crippen molar-refractivity contribution in [3.8, 4) is 11.5 Å². The van der Waals surface area contributed by atoms with Gasteiger partial charge < -0.3 is 24.4 Å². The molecule has 1 atom stereocenters. The summed E-state index contributed by atoms with van der Waals surface area (Å²) in [4.78, 5) is 18.3. The third-order valence-electron chi connectivity index (χ3n) is 7.84. The number of nitrogens with zero attached hydrogens (tertiary/aromatic N) is 1. The average Bonchev–Trinajstić information content (AvgIpc) is 3.87. The minimum atomic E-state index is -3.73. The van der Waals surface area contributed by atoms with Gasteiger partial charge in [0, 0.05) is 37.2 Å². The monoisotopic (exact) mass is 734 g/mol. The lowest BCUT2D eigenvalue weighted by Crippen LogP contribution is -2.39. The standard InChI is InChI=1S/C32H33Cl2F3N2O7S.H2O/c33-25-16-38-17-26(34)24(25)15-29(21-4-6-28(46-32(36)37)30(14-21)44-18-20-1-2-20)45-31(40)22-3-5-27(35)23(13-22)19-47(41,42)12-9-39-7-10-43-11-8-39;/h3-6,13-14,16-17,20,29,32H,1-2,7-12,15,18-19H2;1H2/t29-;/m0./s1. The normalized spacial score (nSPS) is 15.9. The molecule has 0 spiro atoms. The Balaban J connectivity index is 0.00000520. The Bertz CT molecular complexity index is 1650. The molecule has 0 unspecified atom stereocenters. The summed E-state index contributed by atoms with van der Waals surface area (Å²) in [6.07, 6.45) is 3.81.